The largest absolute Gasteiger partial charge is 0.332 e. The summed E-state index contributed by atoms with van der Waals surface area (Å²) in [5.41, 5.74) is 1.54. The van der Waals surface area contributed by atoms with Crippen LogP contribution >= 0.6 is 22.9 Å². The predicted octanol–water partition coefficient (Wildman–Crippen LogP) is 2.19. The summed E-state index contributed by atoms with van der Waals surface area (Å²) in [7, 11) is -2.15. The molecule has 0 aromatic carbocycles. The second-order valence-electron chi connectivity index (χ2n) is 1.27. The molecular weight excluding hydrogens is 151 g/mol. The summed E-state index contributed by atoms with van der Waals surface area (Å²) in [5.74, 6) is 0. The molecule has 0 aliphatic carbocycles. The summed E-state index contributed by atoms with van der Waals surface area (Å²) in [4.78, 5) is 0. The molecule has 1 unspecified atom stereocenters. The molecule has 1 atom stereocenters. The van der Waals surface area contributed by atoms with Gasteiger partial charge in [0.25, 0.3) is 0 Å². The molecule has 0 aromatic rings. The van der Waals surface area contributed by atoms with Crippen molar-refractivity contribution in [2.75, 3.05) is 0 Å². The zero-order valence-corrected chi connectivity index (χ0v) is 6.46. The fourth-order valence-electron chi connectivity index (χ4n) is 0.0315. The van der Waals surface area contributed by atoms with Gasteiger partial charge >= 0.3 is 7.63 Å². The van der Waals surface area contributed by atoms with E-state index in [1.807, 2.05) is 0 Å². The molecule has 4 heteroatoms. The number of rotatable bonds is 2. The first-order valence-electron chi connectivity index (χ1n) is 1.74. The molecule has 0 aliphatic rings. The fraction of sp³-hybridized carbons (Fsp3) is 0.333. The van der Waals surface area contributed by atoms with Gasteiger partial charge in [0.15, 0.2) is 0 Å². The van der Waals surface area contributed by atoms with Crippen molar-refractivity contribution in [3.05, 3.63) is 12.3 Å². The molecule has 7 heavy (non-hydrogen) atoms. The Bertz CT molecular complexity index is 73.3. The van der Waals surface area contributed by atoms with Crippen molar-refractivity contribution in [2.24, 2.45) is 0 Å². The molecule has 0 amide bonds. The van der Waals surface area contributed by atoms with E-state index in [2.05, 4.69) is 10.6 Å². The lowest BCUT2D eigenvalue weighted by Gasteiger charge is -2.05. The number of halogens is 2. The van der Waals surface area contributed by atoms with Crippen molar-refractivity contribution >= 4 is 30.6 Å². The molecule has 0 saturated carbocycles. The highest BCUT2D eigenvalue weighted by Gasteiger charge is 2.20. The fourth-order valence-corrected chi connectivity index (χ4v) is 0.283. The third-order valence-corrected chi connectivity index (χ3v) is 3.44. The first kappa shape index (κ1) is 7.50. The van der Waals surface area contributed by atoms with Crippen LogP contribution in [0.4, 0.5) is 0 Å². The Morgan fingerprint density at radius 1 is 1.86 bits per heavy atom. The quantitative estimate of drug-likeness (QED) is 0.441. The SMILES string of the molecule is C=C[Si](C)(Cl)OCl. The molecule has 0 N–H and O–H groups in total. The van der Waals surface area contributed by atoms with Gasteiger partial charge in [0, 0.05) is 0 Å². The van der Waals surface area contributed by atoms with Gasteiger partial charge in [-0.25, -0.2) is 0 Å². The van der Waals surface area contributed by atoms with Crippen LogP contribution in [0.25, 0.3) is 0 Å². The molecule has 1 nitrogen and oxygen atoms in total. The molecule has 0 radical (unpaired) electrons. The Hall–Kier alpha value is 0.497. The Labute approximate surface area is 53.9 Å². The minimum Gasteiger partial charge on any atom is -0.301 e. The lowest BCUT2D eigenvalue weighted by atomic mass is 11.3. The standard InChI is InChI=1S/C3H6Cl2OSi/c1-3-7(2,5)6-4/h3H,1H2,2H3. The molecule has 0 saturated heterocycles. The van der Waals surface area contributed by atoms with Crippen LogP contribution in [0, 0.1) is 0 Å². The van der Waals surface area contributed by atoms with Crippen LogP contribution in [-0.4, -0.2) is 7.63 Å². The highest BCUT2D eigenvalue weighted by molar-refractivity contribution is 7.19. The van der Waals surface area contributed by atoms with Gasteiger partial charge in [-0.15, -0.1) is 17.7 Å². The summed E-state index contributed by atoms with van der Waals surface area (Å²) >= 11 is 10.5. The first-order valence-corrected chi connectivity index (χ1v) is 5.55. The Morgan fingerprint density at radius 2 is 2.29 bits per heavy atom. The topological polar surface area (TPSA) is 9.23 Å². The lowest BCUT2D eigenvalue weighted by Crippen LogP contribution is -2.18. The zero-order chi connectivity index (χ0) is 5.91. The van der Waals surface area contributed by atoms with Crippen LogP contribution < -0.4 is 0 Å². The molecule has 0 heterocycles. The average Bonchev–Trinajstić information content (AvgIpc) is 1.68. The third kappa shape index (κ3) is 3.11. The summed E-state index contributed by atoms with van der Waals surface area (Å²) in [6.45, 7) is 5.15. The van der Waals surface area contributed by atoms with E-state index in [0.717, 1.165) is 0 Å². The number of hydrogen-bond donors (Lipinski definition) is 0. The maximum absolute atomic E-state index is 5.57. The summed E-state index contributed by atoms with van der Waals surface area (Å²) in [5, 5.41) is 0. The van der Waals surface area contributed by atoms with E-state index in [-0.39, 0.29) is 0 Å². The van der Waals surface area contributed by atoms with Crippen LogP contribution in [-0.2, 0) is 3.98 Å². The Morgan fingerprint density at radius 3 is 2.29 bits per heavy atom. The van der Waals surface area contributed by atoms with Crippen LogP contribution in [0.2, 0.25) is 6.55 Å². The average molecular weight is 157 g/mol. The molecule has 0 fully saturated rings. The minimum absolute atomic E-state index is 1.54. The molecule has 0 aromatic heterocycles. The summed E-state index contributed by atoms with van der Waals surface area (Å²) in [6, 6.07) is 0. The van der Waals surface area contributed by atoms with Crippen molar-refractivity contribution in [1.82, 2.24) is 0 Å². The van der Waals surface area contributed by atoms with Gasteiger partial charge in [-0.3, -0.25) is 0 Å². The van der Waals surface area contributed by atoms with Gasteiger partial charge < -0.3 is 3.98 Å². The van der Waals surface area contributed by atoms with Crippen molar-refractivity contribution in [2.45, 2.75) is 6.55 Å². The first-order chi connectivity index (χ1) is 3.12. The van der Waals surface area contributed by atoms with E-state index < -0.39 is 7.63 Å². The van der Waals surface area contributed by atoms with E-state index in [0.29, 0.717) is 0 Å². The van der Waals surface area contributed by atoms with Gasteiger partial charge in [0.2, 0.25) is 0 Å². The second kappa shape index (κ2) is 2.72. The molecule has 42 valence electrons. The smallest absolute Gasteiger partial charge is 0.301 e. The predicted molar refractivity (Wildman–Crippen MR) is 34.6 cm³/mol. The Balaban J connectivity index is 3.58. The van der Waals surface area contributed by atoms with E-state index in [1.165, 1.54) is 0 Å². The Kier molecular flexibility index (Phi) is 2.91. The van der Waals surface area contributed by atoms with Crippen molar-refractivity contribution in [3.8, 4) is 0 Å². The van der Waals surface area contributed by atoms with Gasteiger partial charge in [0.05, 0.1) is 11.9 Å². The second-order valence-corrected chi connectivity index (χ2v) is 6.52. The molecule has 0 aliphatic heterocycles. The monoisotopic (exact) mass is 156 g/mol. The van der Waals surface area contributed by atoms with Crippen molar-refractivity contribution in [1.29, 1.82) is 0 Å². The van der Waals surface area contributed by atoms with Crippen LogP contribution in [0.1, 0.15) is 0 Å². The van der Waals surface area contributed by atoms with E-state index in [1.54, 1.807) is 12.2 Å². The molecule has 0 bridgehead atoms. The minimum atomic E-state index is -2.15. The zero-order valence-electron chi connectivity index (χ0n) is 3.95. The summed E-state index contributed by atoms with van der Waals surface area (Å²) < 4.78 is 4.35. The van der Waals surface area contributed by atoms with Crippen LogP contribution in [0.15, 0.2) is 12.3 Å². The molecule has 0 spiro atoms. The van der Waals surface area contributed by atoms with Crippen LogP contribution in [0.5, 0.6) is 0 Å². The third-order valence-electron chi connectivity index (χ3n) is 0.515. The van der Waals surface area contributed by atoms with Crippen molar-refractivity contribution < 1.29 is 3.98 Å². The maximum Gasteiger partial charge on any atom is 0.332 e. The maximum atomic E-state index is 5.57. The van der Waals surface area contributed by atoms with Crippen molar-refractivity contribution in [3.63, 3.8) is 0 Å². The normalized spacial score (nSPS) is 18.1. The molecule has 0 rings (SSSR count). The van der Waals surface area contributed by atoms with Gasteiger partial charge in [-0.05, 0) is 6.55 Å². The van der Waals surface area contributed by atoms with Gasteiger partial charge in [-0.1, -0.05) is 5.70 Å². The van der Waals surface area contributed by atoms with Gasteiger partial charge in [-0.2, -0.15) is 0 Å². The highest BCUT2D eigenvalue weighted by Crippen LogP contribution is 2.12. The number of hydrogen-bond acceptors (Lipinski definition) is 1. The van der Waals surface area contributed by atoms with Gasteiger partial charge in [0.1, 0.15) is 0 Å². The molecular formula is C3H6Cl2OSi. The lowest BCUT2D eigenvalue weighted by molar-refractivity contribution is 0.647. The van der Waals surface area contributed by atoms with E-state index in [9.17, 15) is 0 Å². The van der Waals surface area contributed by atoms with E-state index in [4.69, 9.17) is 22.9 Å². The summed E-state index contributed by atoms with van der Waals surface area (Å²) in [6.07, 6.45) is 0. The van der Waals surface area contributed by atoms with Crippen LogP contribution in [0.3, 0.4) is 0 Å². The van der Waals surface area contributed by atoms with E-state index >= 15 is 0 Å². The highest BCUT2D eigenvalue weighted by atomic mass is 35.6.